The Morgan fingerprint density at radius 1 is 1.20 bits per heavy atom. The van der Waals surface area contributed by atoms with E-state index in [1.54, 1.807) is 17.0 Å². The fourth-order valence-electron chi connectivity index (χ4n) is 4.54. The van der Waals surface area contributed by atoms with Crippen molar-refractivity contribution in [2.75, 3.05) is 30.9 Å². The third-order valence-corrected chi connectivity index (χ3v) is 7.03. The number of carboxylic acids is 2. The fourth-order valence-corrected chi connectivity index (χ4v) is 4.71. The first kappa shape index (κ1) is 30.0. The molecule has 3 heterocycles. The van der Waals surface area contributed by atoms with Crippen molar-refractivity contribution in [3.8, 4) is 0 Å². The number of fused-ring (bicyclic) bond motifs is 1. The van der Waals surface area contributed by atoms with E-state index in [9.17, 15) is 29.7 Å². The molecule has 16 heteroatoms. The van der Waals surface area contributed by atoms with E-state index in [1.807, 2.05) is 0 Å². The predicted octanol–water partition coefficient (Wildman–Crippen LogP) is 1.59. The number of rotatable bonds is 12. The molecule has 41 heavy (non-hydrogen) atoms. The number of aliphatic carboxylic acids is 2. The third-order valence-electron chi connectivity index (χ3n) is 6.86. The molecule has 2 aromatic heterocycles. The van der Waals surface area contributed by atoms with Gasteiger partial charge in [-0.1, -0.05) is 12.1 Å². The Kier molecular flexibility index (Phi) is 9.01. The second-order valence-electron chi connectivity index (χ2n) is 9.43. The number of carbonyl (C=O) groups is 3. The largest absolute Gasteiger partial charge is 0.479 e. The smallest absolute Gasteiger partial charge is 0.348 e. The summed E-state index contributed by atoms with van der Waals surface area (Å²) in [6.07, 6.45) is -3.30. The van der Waals surface area contributed by atoms with E-state index in [0.717, 1.165) is 30.8 Å². The van der Waals surface area contributed by atoms with E-state index in [0.29, 0.717) is 24.2 Å². The number of carboxylic acid groups (broad SMARTS) is 2. The molecule has 1 saturated heterocycles. The van der Waals surface area contributed by atoms with Crippen LogP contribution in [0.2, 0.25) is 5.28 Å². The Balaban J connectivity index is 1.52. The minimum atomic E-state index is -2.80. The van der Waals surface area contributed by atoms with Crippen LogP contribution in [0.1, 0.15) is 31.1 Å². The topological polar surface area (TPSA) is 203 Å². The van der Waals surface area contributed by atoms with Gasteiger partial charge in [-0.3, -0.25) is 9.36 Å². The lowest BCUT2D eigenvalue weighted by Crippen LogP contribution is -2.53. The number of nitrogen functional groups attached to an aromatic ring is 1. The number of anilines is 2. The summed E-state index contributed by atoms with van der Waals surface area (Å²) >= 11 is 5.81. The lowest BCUT2D eigenvalue weighted by Gasteiger charge is -2.30. The number of carbonyl (C=O) groups excluding carboxylic acids is 1. The maximum atomic E-state index is 15.4. The Morgan fingerprint density at radius 2 is 1.88 bits per heavy atom. The van der Waals surface area contributed by atoms with Gasteiger partial charge in [0, 0.05) is 32.2 Å². The van der Waals surface area contributed by atoms with Crippen LogP contribution in [-0.2, 0) is 30.3 Å². The van der Waals surface area contributed by atoms with Crippen molar-refractivity contribution in [3.05, 3.63) is 41.4 Å². The summed E-state index contributed by atoms with van der Waals surface area (Å²) < 4.78 is 26.8. The van der Waals surface area contributed by atoms with Crippen LogP contribution in [0.4, 0.5) is 15.9 Å². The molecule has 0 unspecified atom stereocenters. The zero-order chi connectivity index (χ0) is 29.9. The molecule has 1 aliphatic heterocycles. The lowest BCUT2D eigenvalue weighted by atomic mass is 9.93. The number of piperidine rings is 1. The first-order valence-corrected chi connectivity index (χ1v) is 12.9. The zero-order valence-corrected chi connectivity index (χ0v) is 22.6. The van der Waals surface area contributed by atoms with Crippen molar-refractivity contribution in [2.45, 2.75) is 49.8 Å². The van der Waals surface area contributed by atoms with Crippen LogP contribution in [0.15, 0.2) is 30.6 Å². The minimum Gasteiger partial charge on any atom is -0.479 e. The highest BCUT2D eigenvalue weighted by Crippen LogP contribution is 2.28. The summed E-state index contributed by atoms with van der Waals surface area (Å²) in [5.74, 6) is -3.78. The molecule has 5 N–H and O–H groups in total. The highest BCUT2D eigenvalue weighted by Gasteiger charge is 2.49. The van der Waals surface area contributed by atoms with E-state index >= 15 is 4.39 Å². The van der Waals surface area contributed by atoms with Gasteiger partial charge in [-0.05, 0) is 42.1 Å². The highest BCUT2D eigenvalue weighted by molar-refractivity contribution is 6.28. The van der Waals surface area contributed by atoms with E-state index in [4.69, 9.17) is 26.8 Å². The van der Waals surface area contributed by atoms with Gasteiger partial charge < -0.3 is 35.4 Å². The minimum absolute atomic E-state index is 0.0286. The first-order valence-electron chi connectivity index (χ1n) is 12.5. The molecule has 3 atom stereocenters. The third kappa shape index (κ3) is 6.07. The second kappa shape index (κ2) is 12.3. The number of imidazole rings is 1. The number of methoxy groups -OCH3 is 1. The molecule has 1 amide bonds. The van der Waals surface area contributed by atoms with Crippen LogP contribution < -0.4 is 10.6 Å². The Morgan fingerprint density at radius 3 is 2.49 bits per heavy atom. The monoisotopic (exact) mass is 594 g/mol. The van der Waals surface area contributed by atoms with Crippen molar-refractivity contribution in [3.63, 3.8) is 0 Å². The van der Waals surface area contributed by atoms with Crippen LogP contribution in [0.5, 0.6) is 0 Å². The summed E-state index contributed by atoms with van der Waals surface area (Å²) in [7, 11) is 1.11. The van der Waals surface area contributed by atoms with Gasteiger partial charge in [0.1, 0.15) is 17.7 Å². The summed E-state index contributed by atoms with van der Waals surface area (Å²) in [6.45, 7) is -0.268. The van der Waals surface area contributed by atoms with Gasteiger partial charge in [0.25, 0.3) is 5.60 Å². The van der Waals surface area contributed by atoms with Gasteiger partial charge in [-0.2, -0.15) is 9.97 Å². The molecule has 1 aliphatic rings. The van der Waals surface area contributed by atoms with Gasteiger partial charge in [-0.25, -0.2) is 19.0 Å². The fraction of sp³-hybridized carbons (Fsp3) is 0.440. The maximum Gasteiger partial charge on any atom is 0.348 e. The lowest BCUT2D eigenvalue weighted by molar-refractivity contribution is -0.192. The quantitative estimate of drug-likeness (QED) is 0.174. The van der Waals surface area contributed by atoms with Crippen molar-refractivity contribution >= 4 is 52.1 Å². The van der Waals surface area contributed by atoms with Crippen molar-refractivity contribution in [1.29, 1.82) is 0 Å². The Labute approximate surface area is 237 Å². The number of ether oxygens (including phenoxy) is 2. The molecule has 3 aromatic rings. The number of nitrogens with zero attached hydrogens (tertiary/aromatic N) is 5. The van der Waals surface area contributed by atoms with Gasteiger partial charge in [0.05, 0.1) is 12.9 Å². The molecule has 0 aliphatic carbocycles. The molecule has 0 saturated carbocycles. The van der Waals surface area contributed by atoms with Crippen LogP contribution in [0, 0.1) is 0 Å². The molecule has 0 radical (unpaired) electrons. The number of alkyl halides is 1. The standard InChI is InChI=1S/C25H28ClFN6O8/c1-40-15(18(35)19(27)33-12-29-17-20(28)30-24(26)31-21(17)33)11-41-25(22(36)37,23(38)39)10-13-5-7-14(8-6-13)32-9-3-2-4-16(32)34/h5-8,12,15,18-19,35H,2-4,9-11H2,1H3,(H,36,37)(H,38,39)(H2,28,30,31)/t15-,18-,19-/m1/s1. The molecular formula is C25H28ClFN6O8. The number of amides is 1. The molecule has 220 valence electrons. The number of aromatic nitrogens is 4. The zero-order valence-electron chi connectivity index (χ0n) is 21.8. The normalized spacial score (nSPS) is 16.5. The van der Waals surface area contributed by atoms with E-state index in [1.165, 1.54) is 12.1 Å². The Bertz CT molecular complexity index is 1420. The van der Waals surface area contributed by atoms with Gasteiger partial charge >= 0.3 is 11.9 Å². The number of nitrogens with two attached hydrogens (primary N) is 1. The summed E-state index contributed by atoms with van der Waals surface area (Å²) in [5, 5.41) is 30.3. The number of halogens is 2. The molecule has 4 rings (SSSR count). The van der Waals surface area contributed by atoms with Gasteiger partial charge in [-0.15, -0.1) is 0 Å². The molecule has 1 fully saturated rings. The van der Waals surface area contributed by atoms with Crippen molar-refractivity contribution in [1.82, 2.24) is 19.5 Å². The van der Waals surface area contributed by atoms with Gasteiger partial charge in [0.15, 0.2) is 11.5 Å². The number of benzene rings is 1. The van der Waals surface area contributed by atoms with Gasteiger partial charge in [0.2, 0.25) is 17.5 Å². The predicted molar refractivity (Wildman–Crippen MR) is 142 cm³/mol. The molecule has 0 bridgehead atoms. The number of hydrogen-bond acceptors (Lipinski definition) is 10. The average molecular weight is 595 g/mol. The summed E-state index contributed by atoms with van der Waals surface area (Å²) in [5.41, 5.74) is 3.73. The molecule has 0 spiro atoms. The van der Waals surface area contributed by atoms with Crippen LogP contribution in [0.25, 0.3) is 11.2 Å². The molecule has 1 aromatic carbocycles. The average Bonchev–Trinajstić information content (AvgIpc) is 3.36. The van der Waals surface area contributed by atoms with Crippen LogP contribution >= 0.6 is 11.6 Å². The van der Waals surface area contributed by atoms with E-state index < -0.39 is 49.1 Å². The van der Waals surface area contributed by atoms with E-state index in [-0.39, 0.29) is 28.2 Å². The van der Waals surface area contributed by atoms with Crippen molar-refractivity contribution < 1.29 is 43.6 Å². The SMILES string of the molecule is CO[C@H](COC(Cc1ccc(N2CCCCC2=O)cc1)(C(=O)O)C(=O)O)[C@@H](O)[C@H](F)n1cnc2c(N)nc(Cl)nc21. The molecule has 14 nitrogen and oxygen atoms in total. The summed E-state index contributed by atoms with van der Waals surface area (Å²) in [4.78, 5) is 49.8. The maximum absolute atomic E-state index is 15.4. The number of aliphatic hydroxyl groups excluding tert-OH is 1. The number of aliphatic hydroxyl groups is 1. The van der Waals surface area contributed by atoms with Crippen LogP contribution in [0.3, 0.4) is 0 Å². The molecular weight excluding hydrogens is 567 g/mol. The van der Waals surface area contributed by atoms with Crippen LogP contribution in [-0.4, -0.2) is 90.8 Å². The number of hydrogen-bond donors (Lipinski definition) is 4. The Hall–Kier alpha value is -3.92. The first-order chi connectivity index (χ1) is 19.5. The summed E-state index contributed by atoms with van der Waals surface area (Å²) in [6, 6.07) is 6.20. The highest BCUT2D eigenvalue weighted by atomic mass is 35.5. The van der Waals surface area contributed by atoms with E-state index in [2.05, 4.69) is 15.0 Å². The second-order valence-corrected chi connectivity index (χ2v) is 9.77. The van der Waals surface area contributed by atoms with Crippen molar-refractivity contribution in [2.24, 2.45) is 0 Å².